The average Bonchev–Trinajstić information content (AvgIpc) is 3.13. The molecule has 5 rings (SSSR count). The first-order valence-electron chi connectivity index (χ1n) is 10.6. The Bertz CT molecular complexity index is 1630. The molecule has 5 aromatic rings. The second-order valence-corrected chi connectivity index (χ2v) is 9.36. The summed E-state index contributed by atoms with van der Waals surface area (Å²) in [6, 6.07) is 22.7. The lowest BCUT2D eigenvalue weighted by molar-refractivity contribution is 0.340. The van der Waals surface area contributed by atoms with Gasteiger partial charge in [0.2, 0.25) is 9.84 Å². The molecule has 0 aliphatic heterocycles. The number of ether oxygens (including phenoxy) is 1. The molecule has 2 aromatic heterocycles. The van der Waals surface area contributed by atoms with Crippen molar-refractivity contribution in [2.24, 2.45) is 5.10 Å². The van der Waals surface area contributed by atoms with E-state index in [1.165, 1.54) is 16.8 Å². The molecule has 0 saturated heterocycles. The fraction of sp³-hybridized carbons (Fsp3) is 0.0800. The molecule has 0 saturated carbocycles. The Hall–Kier alpha value is -4.24. The van der Waals surface area contributed by atoms with E-state index in [1.54, 1.807) is 36.5 Å². The maximum atomic E-state index is 13.6. The van der Waals surface area contributed by atoms with E-state index >= 15 is 0 Å². The molecule has 8 nitrogen and oxygen atoms in total. The van der Waals surface area contributed by atoms with Crippen LogP contribution >= 0.6 is 0 Å². The monoisotopic (exact) mass is 471 g/mol. The van der Waals surface area contributed by atoms with Gasteiger partial charge < -0.3 is 10.5 Å². The molecule has 0 aliphatic rings. The number of anilines is 1. The maximum absolute atomic E-state index is 13.6. The molecule has 0 radical (unpaired) electrons. The highest BCUT2D eigenvalue weighted by atomic mass is 32.2. The molecule has 0 fully saturated rings. The number of aromatic nitrogens is 3. The van der Waals surface area contributed by atoms with Gasteiger partial charge in [-0.2, -0.15) is 9.78 Å². The van der Waals surface area contributed by atoms with E-state index in [9.17, 15) is 8.42 Å². The SMILES string of the molecule is CCOc1ccc(/C=N/n2c(N)c(S(=O)(=O)c3ccccc3)c3nc4ccccc4nc32)cc1. The highest BCUT2D eigenvalue weighted by molar-refractivity contribution is 7.92. The third-order valence-corrected chi connectivity index (χ3v) is 7.10. The molecule has 3 aromatic carbocycles. The van der Waals surface area contributed by atoms with Crippen LogP contribution in [0.2, 0.25) is 0 Å². The van der Waals surface area contributed by atoms with E-state index in [0.717, 1.165) is 11.3 Å². The van der Waals surface area contributed by atoms with Crippen LogP contribution in [0.4, 0.5) is 5.82 Å². The van der Waals surface area contributed by atoms with Gasteiger partial charge in [-0.25, -0.2) is 18.4 Å². The summed E-state index contributed by atoms with van der Waals surface area (Å²) < 4.78 is 33.9. The van der Waals surface area contributed by atoms with Gasteiger partial charge in [-0.1, -0.05) is 30.3 Å². The highest BCUT2D eigenvalue weighted by Gasteiger charge is 2.30. The molecule has 0 atom stereocenters. The van der Waals surface area contributed by atoms with Crippen molar-refractivity contribution in [1.82, 2.24) is 14.6 Å². The molecule has 0 bridgehead atoms. The zero-order valence-electron chi connectivity index (χ0n) is 18.3. The number of nitrogens with two attached hydrogens (primary N) is 1. The van der Waals surface area contributed by atoms with Gasteiger partial charge in [0.05, 0.1) is 28.8 Å². The molecule has 2 heterocycles. The third kappa shape index (κ3) is 3.75. The van der Waals surface area contributed by atoms with Gasteiger partial charge in [-0.05, 0) is 61.0 Å². The van der Waals surface area contributed by atoms with Crippen LogP contribution in [0.1, 0.15) is 12.5 Å². The number of rotatable bonds is 6. The molecular weight excluding hydrogens is 450 g/mol. The van der Waals surface area contributed by atoms with Crippen molar-refractivity contribution in [1.29, 1.82) is 0 Å². The van der Waals surface area contributed by atoms with Crippen LogP contribution in [-0.4, -0.2) is 35.9 Å². The quantitative estimate of drug-likeness (QED) is 0.370. The van der Waals surface area contributed by atoms with Crippen LogP contribution in [-0.2, 0) is 9.84 Å². The second-order valence-electron chi connectivity index (χ2n) is 7.47. The van der Waals surface area contributed by atoms with Crippen LogP contribution < -0.4 is 10.5 Å². The number of nitrogen functional groups attached to an aromatic ring is 1. The van der Waals surface area contributed by atoms with Gasteiger partial charge >= 0.3 is 0 Å². The summed E-state index contributed by atoms with van der Waals surface area (Å²) in [5.41, 5.74) is 8.78. The zero-order chi connectivity index (χ0) is 23.7. The molecule has 0 unspecified atom stereocenters. The molecule has 0 spiro atoms. The Morgan fingerprint density at radius 1 is 0.941 bits per heavy atom. The predicted octanol–water partition coefficient (Wildman–Crippen LogP) is 4.28. The van der Waals surface area contributed by atoms with E-state index in [4.69, 9.17) is 10.5 Å². The fourth-order valence-corrected chi connectivity index (χ4v) is 5.17. The summed E-state index contributed by atoms with van der Waals surface area (Å²) in [5, 5.41) is 4.47. The van der Waals surface area contributed by atoms with Gasteiger partial charge in [0.1, 0.15) is 22.0 Å². The first kappa shape index (κ1) is 21.6. The molecule has 170 valence electrons. The topological polar surface area (TPSA) is 112 Å². The zero-order valence-corrected chi connectivity index (χ0v) is 19.1. The van der Waals surface area contributed by atoms with Crippen molar-refractivity contribution in [2.45, 2.75) is 16.7 Å². The van der Waals surface area contributed by atoms with Crippen LogP contribution in [0.25, 0.3) is 22.2 Å². The third-order valence-electron chi connectivity index (χ3n) is 5.26. The van der Waals surface area contributed by atoms with Crippen LogP contribution in [0.3, 0.4) is 0 Å². The van der Waals surface area contributed by atoms with Gasteiger partial charge in [0, 0.05) is 0 Å². The van der Waals surface area contributed by atoms with Crippen molar-refractivity contribution in [2.75, 3.05) is 12.3 Å². The lowest BCUT2D eigenvalue weighted by Gasteiger charge is -2.05. The summed E-state index contributed by atoms with van der Waals surface area (Å²) >= 11 is 0. The Morgan fingerprint density at radius 2 is 1.59 bits per heavy atom. The van der Waals surface area contributed by atoms with E-state index in [-0.39, 0.29) is 26.8 Å². The van der Waals surface area contributed by atoms with Gasteiger partial charge in [0.15, 0.2) is 5.65 Å². The lowest BCUT2D eigenvalue weighted by Crippen LogP contribution is -2.06. The number of fused-ring (bicyclic) bond motifs is 2. The Kier molecular flexibility index (Phi) is 5.46. The van der Waals surface area contributed by atoms with Crippen molar-refractivity contribution in [3.05, 3.63) is 84.4 Å². The number of hydrogen-bond acceptors (Lipinski definition) is 7. The van der Waals surface area contributed by atoms with Gasteiger partial charge in [-0.15, -0.1) is 0 Å². The van der Waals surface area contributed by atoms with E-state index < -0.39 is 9.84 Å². The molecule has 0 amide bonds. The Morgan fingerprint density at radius 3 is 2.26 bits per heavy atom. The number of hydrogen-bond donors (Lipinski definition) is 1. The largest absolute Gasteiger partial charge is 0.494 e. The normalized spacial score (nSPS) is 12.0. The van der Waals surface area contributed by atoms with Gasteiger partial charge in [0.25, 0.3) is 0 Å². The van der Waals surface area contributed by atoms with Crippen molar-refractivity contribution < 1.29 is 13.2 Å². The number of benzene rings is 3. The fourth-order valence-electron chi connectivity index (χ4n) is 3.66. The first-order chi connectivity index (χ1) is 16.5. The summed E-state index contributed by atoms with van der Waals surface area (Å²) in [6.45, 7) is 2.49. The molecular formula is C25H21N5O3S. The molecule has 0 aliphatic carbocycles. The molecule has 34 heavy (non-hydrogen) atoms. The van der Waals surface area contributed by atoms with E-state index in [1.807, 2.05) is 43.3 Å². The predicted molar refractivity (Wildman–Crippen MR) is 132 cm³/mol. The maximum Gasteiger partial charge on any atom is 0.212 e. The number of para-hydroxylation sites is 2. The lowest BCUT2D eigenvalue weighted by atomic mass is 10.2. The number of nitrogens with zero attached hydrogens (tertiary/aromatic N) is 4. The minimum Gasteiger partial charge on any atom is -0.494 e. The Balaban J connectivity index is 1.72. The smallest absolute Gasteiger partial charge is 0.212 e. The van der Waals surface area contributed by atoms with Crippen molar-refractivity contribution in [3.8, 4) is 5.75 Å². The van der Waals surface area contributed by atoms with Crippen molar-refractivity contribution in [3.63, 3.8) is 0 Å². The summed E-state index contributed by atoms with van der Waals surface area (Å²) in [7, 11) is -3.98. The second kappa shape index (κ2) is 8.60. The minimum absolute atomic E-state index is 0.0589. The Labute approximate surface area is 196 Å². The standard InChI is InChI=1S/C25H21N5O3S/c1-2-33-18-14-12-17(13-15-18)16-27-30-24(26)23(34(31,32)19-8-4-3-5-9-19)22-25(30)29-21-11-7-6-10-20(21)28-22/h3-16H,2,26H2,1H3/b27-16+. The summed E-state index contributed by atoms with van der Waals surface area (Å²) in [5.74, 6) is 0.690. The average molecular weight is 472 g/mol. The first-order valence-corrected chi connectivity index (χ1v) is 12.1. The van der Waals surface area contributed by atoms with Crippen LogP contribution in [0, 0.1) is 0 Å². The summed E-state index contributed by atoms with van der Waals surface area (Å²) in [4.78, 5) is 9.25. The molecule has 9 heteroatoms. The van der Waals surface area contributed by atoms with Crippen LogP contribution in [0.15, 0.2) is 93.8 Å². The van der Waals surface area contributed by atoms with Crippen LogP contribution in [0.5, 0.6) is 5.75 Å². The molecule has 2 N–H and O–H groups in total. The van der Waals surface area contributed by atoms with Crippen molar-refractivity contribution >= 4 is 44.1 Å². The van der Waals surface area contributed by atoms with E-state index in [2.05, 4.69) is 15.1 Å². The minimum atomic E-state index is -3.98. The highest BCUT2D eigenvalue weighted by Crippen LogP contribution is 2.35. The van der Waals surface area contributed by atoms with Gasteiger partial charge in [-0.3, -0.25) is 0 Å². The number of sulfone groups is 1. The summed E-state index contributed by atoms with van der Waals surface area (Å²) in [6.07, 6.45) is 1.58. The van der Waals surface area contributed by atoms with E-state index in [0.29, 0.717) is 17.6 Å².